The van der Waals surface area contributed by atoms with Crippen molar-refractivity contribution in [3.8, 4) is 0 Å². The van der Waals surface area contributed by atoms with E-state index in [4.69, 9.17) is 0 Å². The first kappa shape index (κ1) is 18.0. The van der Waals surface area contributed by atoms with Crippen LogP contribution in [0.2, 0.25) is 0 Å². The van der Waals surface area contributed by atoms with E-state index >= 15 is 0 Å². The van der Waals surface area contributed by atoms with Gasteiger partial charge in [0, 0.05) is 57.2 Å². The van der Waals surface area contributed by atoms with Crippen molar-refractivity contribution in [2.75, 3.05) is 44.7 Å². The van der Waals surface area contributed by atoms with Gasteiger partial charge in [-0.25, -0.2) is 4.99 Å². The number of piperazine rings is 1. The van der Waals surface area contributed by atoms with Crippen molar-refractivity contribution in [1.29, 1.82) is 0 Å². The van der Waals surface area contributed by atoms with Gasteiger partial charge >= 0.3 is 0 Å². The predicted octanol–water partition coefficient (Wildman–Crippen LogP) is 1.99. The van der Waals surface area contributed by atoms with E-state index < -0.39 is 0 Å². The van der Waals surface area contributed by atoms with Crippen LogP contribution in [0.5, 0.6) is 0 Å². The Morgan fingerprint density at radius 2 is 2.08 bits per heavy atom. The molecule has 0 unspecified atom stereocenters. The fourth-order valence-corrected chi connectivity index (χ4v) is 3.93. The summed E-state index contributed by atoms with van der Waals surface area (Å²) in [6.45, 7) is 10.2. The zero-order valence-electron chi connectivity index (χ0n) is 15.8. The minimum Gasteiger partial charge on any atom is -0.368 e. The van der Waals surface area contributed by atoms with Crippen molar-refractivity contribution in [2.24, 2.45) is 4.99 Å². The van der Waals surface area contributed by atoms with E-state index in [1.54, 1.807) is 0 Å². The topological polar surface area (TPSA) is 42.9 Å². The molecule has 0 amide bonds. The molecule has 0 saturated carbocycles. The molecule has 0 aliphatic carbocycles. The Hall–Kier alpha value is -1.85. The van der Waals surface area contributed by atoms with Crippen LogP contribution in [0, 0.1) is 0 Å². The zero-order valence-corrected chi connectivity index (χ0v) is 15.8. The van der Waals surface area contributed by atoms with Crippen LogP contribution in [0.4, 0.5) is 5.69 Å². The molecule has 25 heavy (non-hydrogen) atoms. The number of likely N-dealkylation sites (N-methyl/N-ethyl adjacent to an activating group) is 1. The van der Waals surface area contributed by atoms with Crippen LogP contribution in [-0.2, 0) is 13.0 Å². The van der Waals surface area contributed by atoms with Crippen LogP contribution in [0.1, 0.15) is 25.0 Å². The van der Waals surface area contributed by atoms with Gasteiger partial charge in [-0.2, -0.15) is 0 Å². The van der Waals surface area contributed by atoms with Gasteiger partial charge in [0.1, 0.15) is 5.82 Å². The molecule has 1 aromatic carbocycles. The van der Waals surface area contributed by atoms with E-state index in [1.807, 2.05) is 20.2 Å². The van der Waals surface area contributed by atoms with E-state index in [-0.39, 0.29) is 0 Å². The van der Waals surface area contributed by atoms with Crippen molar-refractivity contribution >= 4 is 11.9 Å². The zero-order chi connectivity index (χ0) is 17.6. The third kappa shape index (κ3) is 4.05. The van der Waals surface area contributed by atoms with Crippen molar-refractivity contribution in [3.05, 3.63) is 41.2 Å². The summed E-state index contributed by atoms with van der Waals surface area (Å²) in [5.41, 5.74) is 4.42. The highest BCUT2D eigenvalue weighted by Crippen LogP contribution is 2.29. The van der Waals surface area contributed by atoms with Gasteiger partial charge in [-0.3, -0.25) is 0 Å². The standard InChI is InChI=1S/C20H31N5/c1-4-20(22-5-2)25-11-9-24(10-12-25)19-8-6-7-16-14-23-17(15-21-3)13-18(16)19/h4-8,17,21,23H,9-15H2,1-3H3/b20-4+,22-5-/t17-/m0/s1. The molecule has 2 aliphatic rings. The van der Waals surface area contributed by atoms with Crippen LogP contribution >= 0.6 is 0 Å². The number of nitrogens with one attached hydrogen (secondary N) is 2. The first-order valence-electron chi connectivity index (χ1n) is 9.40. The average molecular weight is 342 g/mol. The third-order valence-electron chi connectivity index (χ3n) is 5.19. The van der Waals surface area contributed by atoms with Crippen LogP contribution in [-0.4, -0.2) is 56.9 Å². The second-order valence-electron chi connectivity index (χ2n) is 6.76. The molecule has 5 heteroatoms. The van der Waals surface area contributed by atoms with Crippen LogP contribution in [0.3, 0.4) is 0 Å². The highest BCUT2D eigenvalue weighted by Gasteiger charge is 2.24. The molecule has 1 aromatic rings. The molecule has 136 valence electrons. The van der Waals surface area contributed by atoms with Crippen LogP contribution in [0.15, 0.2) is 35.1 Å². The SMILES string of the molecule is C/C=N\C(=C/C)N1CCN(c2cccc3c2C[C@@H](CNC)NC3)CC1. The fourth-order valence-electron chi connectivity index (χ4n) is 3.93. The summed E-state index contributed by atoms with van der Waals surface area (Å²) >= 11 is 0. The maximum Gasteiger partial charge on any atom is 0.123 e. The van der Waals surface area contributed by atoms with Gasteiger partial charge in [0.15, 0.2) is 0 Å². The molecule has 0 spiro atoms. The number of fused-ring (bicyclic) bond motifs is 1. The summed E-state index contributed by atoms with van der Waals surface area (Å²) in [6, 6.07) is 7.30. The minimum atomic E-state index is 0.522. The summed E-state index contributed by atoms with van der Waals surface area (Å²) in [7, 11) is 2.03. The van der Waals surface area contributed by atoms with Gasteiger partial charge in [-0.05, 0) is 50.6 Å². The van der Waals surface area contributed by atoms with E-state index in [0.29, 0.717) is 6.04 Å². The number of aliphatic imine (C=N–C) groups is 1. The molecular formula is C20H31N5. The highest BCUT2D eigenvalue weighted by molar-refractivity contribution is 5.58. The van der Waals surface area contributed by atoms with Gasteiger partial charge in [0.05, 0.1) is 0 Å². The van der Waals surface area contributed by atoms with Crippen molar-refractivity contribution < 1.29 is 0 Å². The van der Waals surface area contributed by atoms with Gasteiger partial charge in [0.2, 0.25) is 0 Å². The molecule has 2 aliphatic heterocycles. The molecule has 2 N–H and O–H groups in total. The Labute approximate surface area is 151 Å². The minimum absolute atomic E-state index is 0.522. The fraction of sp³-hybridized carbons (Fsp3) is 0.550. The Morgan fingerprint density at radius 1 is 1.28 bits per heavy atom. The summed E-state index contributed by atoms with van der Waals surface area (Å²) in [6.07, 6.45) is 5.09. The van der Waals surface area contributed by atoms with Crippen molar-refractivity contribution in [2.45, 2.75) is 32.9 Å². The van der Waals surface area contributed by atoms with Gasteiger partial charge in [-0.15, -0.1) is 0 Å². The Kier molecular flexibility index (Phi) is 6.10. The Bertz CT molecular complexity index is 629. The predicted molar refractivity (Wildman–Crippen MR) is 106 cm³/mol. The summed E-state index contributed by atoms with van der Waals surface area (Å²) < 4.78 is 0. The smallest absolute Gasteiger partial charge is 0.123 e. The largest absolute Gasteiger partial charge is 0.368 e. The van der Waals surface area contributed by atoms with E-state index in [2.05, 4.69) is 56.6 Å². The number of hydrogen-bond donors (Lipinski definition) is 2. The van der Waals surface area contributed by atoms with E-state index in [9.17, 15) is 0 Å². The third-order valence-corrected chi connectivity index (χ3v) is 5.19. The van der Waals surface area contributed by atoms with Crippen molar-refractivity contribution in [3.63, 3.8) is 0 Å². The first-order valence-corrected chi connectivity index (χ1v) is 9.40. The van der Waals surface area contributed by atoms with Gasteiger partial charge in [-0.1, -0.05) is 12.1 Å². The molecule has 2 heterocycles. The highest BCUT2D eigenvalue weighted by atomic mass is 15.3. The number of benzene rings is 1. The number of anilines is 1. The average Bonchev–Trinajstić information content (AvgIpc) is 2.66. The lowest BCUT2D eigenvalue weighted by atomic mass is 9.93. The lowest BCUT2D eigenvalue weighted by molar-refractivity contribution is 0.318. The first-order chi connectivity index (χ1) is 12.3. The summed E-state index contributed by atoms with van der Waals surface area (Å²) in [4.78, 5) is 9.43. The molecule has 1 fully saturated rings. The Morgan fingerprint density at radius 3 is 2.76 bits per heavy atom. The van der Waals surface area contributed by atoms with Crippen LogP contribution in [0.25, 0.3) is 0 Å². The molecule has 0 aromatic heterocycles. The maximum absolute atomic E-state index is 4.49. The molecule has 5 nitrogen and oxygen atoms in total. The van der Waals surface area contributed by atoms with Gasteiger partial charge < -0.3 is 20.4 Å². The number of hydrogen-bond acceptors (Lipinski definition) is 5. The second kappa shape index (κ2) is 8.50. The molecular weight excluding hydrogens is 310 g/mol. The van der Waals surface area contributed by atoms with E-state index in [1.165, 1.54) is 16.8 Å². The van der Waals surface area contributed by atoms with E-state index in [0.717, 1.165) is 51.5 Å². The lowest BCUT2D eigenvalue weighted by Crippen LogP contribution is -2.47. The lowest BCUT2D eigenvalue weighted by Gasteiger charge is -2.39. The molecule has 0 radical (unpaired) electrons. The van der Waals surface area contributed by atoms with Gasteiger partial charge in [0.25, 0.3) is 0 Å². The van der Waals surface area contributed by atoms with Crippen molar-refractivity contribution in [1.82, 2.24) is 15.5 Å². The molecule has 1 atom stereocenters. The monoisotopic (exact) mass is 341 g/mol. The molecule has 3 rings (SSSR count). The number of rotatable bonds is 5. The second-order valence-corrected chi connectivity index (χ2v) is 6.76. The summed E-state index contributed by atoms with van der Waals surface area (Å²) in [5.74, 6) is 1.09. The molecule has 0 bridgehead atoms. The summed E-state index contributed by atoms with van der Waals surface area (Å²) in [5, 5.41) is 6.94. The number of allylic oxidation sites excluding steroid dienone is 1. The van der Waals surface area contributed by atoms with Crippen LogP contribution < -0.4 is 15.5 Å². The molecule has 1 saturated heterocycles. The normalized spacial score (nSPS) is 21.7. The number of nitrogens with zero attached hydrogens (tertiary/aromatic N) is 3. The quantitative estimate of drug-likeness (QED) is 0.804. The Balaban J connectivity index is 1.72. The maximum atomic E-state index is 4.49.